The van der Waals surface area contributed by atoms with E-state index in [0.29, 0.717) is 10.7 Å². The zero-order chi connectivity index (χ0) is 20.4. The summed E-state index contributed by atoms with van der Waals surface area (Å²) in [5.41, 5.74) is 3.60. The third kappa shape index (κ3) is 4.33. The third-order valence-electron chi connectivity index (χ3n) is 4.25. The summed E-state index contributed by atoms with van der Waals surface area (Å²) in [6.45, 7) is 0. The summed E-state index contributed by atoms with van der Waals surface area (Å²) >= 11 is 7.53. The molecule has 8 heteroatoms. The van der Waals surface area contributed by atoms with Gasteiger partial charge in [0.1, 0.15) is 0 Å². The number of hydrogen-bond acceptors (Lipinski definition) is 4. The lowest BCUT2D eigenvalue weighted by molar-refractivity contribution is 0.598. The average Bonchev–Trinajstić information content (AvgIpc) is 3.12. The fourth-order valence-corrected chi connectivity index (χ4v) is 4.43. The van der Waals surface area contributed by atoms with Crippen LogP contribution in [0.1, 0.15) is 0 Å². The van der Waals surface area contributed by atoms with Gasteiger partial charge in [0.2, 0.25) is 10.0 Å². The van der Waals surface area contributed by atoms with Crippen molar-refractivity contribution in [2.24, 2.45) is 10.1 Å². The number of aromatic nitrogens is 1. The zero-order valence-electron chi connectivity index (χ0n) is 15.1. The van der Waals surface area contributed by atoms with Gasteiger partial charge >= 0.3 is 0 Å². The second kappa shape index (κ2) is 7.96. The maximum atomic E-state index is 11.5. The van der Waals surface area contributed by atoms with Gasteiger partial charge in [0.05, 0.1) is 16.3 Å². The van der Waals surface area contributed by atoms with Crippen LogP contribution < -0.4 is 9.94 Å². The van der Waals surface area contributed by atoms with Crippen molar-refractivity contribution in [1.29, 1.82) is 0 Å². The Hall–Kier alpha value is -2.71. The summed E-state index contributed by atoms with van der Waals surface area (Å²) in [4.78, 5) is 5.53. The molecule has 0 amide bonds. The molecule has 0 bridgehead atoms. The molecule has 4 rings (SSSR count). The van der Waals surface area contributed by atoms with E-state index in [0.717, 1.165) is 21.7 Å². The predicted octanol–water partition coefficient (Wildman–Crippen LogP) is 4.74. The second-order valence-corrected chi connectivity index (χ2v) is 9.07. The van der Waals surface area contributed by atoms with Crippen LogP contribution in [-0.4, -0.2) is 13.0 Å². The lowest BCUT2D eigenvalue weighted by Gasteiger charge is -2.09. The first-order valence-corrected chi connectivity index (χ1v) is 11.4. The maximum absolute atomic E-state index is 11.5. The Morgan fingerprint density at radius 1 is 0.897 bits per heavy atom. The highest BCUT2D eigenvalue weighted by Crippen LogP contribution is 2.25. The van der Waals surface area contributed by atoms with Crippen LogP contribution in [0.2, 0.25) is 5.02 Å². The zero-order valence-corrected chi connectivity index (χ0v) is 17.5. The highest BCUT2D eigenvalue weighted by molar-refractivity contribution is 7.89. The molecule has 5 nitrogen and oxygen atoms in total. The molecule has 3 aromatic carbocycles. The maximum Gasteiger partial charge on any atom is 0.238 e. The molecule has 146 valence electrons. The quantitative estimate of drug-likeness (QED) is 0.496. The minimum Gasteiger partial charge on any atom is -0.285 e. The molecule has 2 N–H and O–H groups in total. The monoisotopic (exact) mass is 441 g/mol. The number of halogens is 1. The summed E-state index contributed by atoms with van der Waals surface area (Å²) in [5.74, 6) is 0. The Morgan fingerprint density at radius 2 is 1.55 bits per heavy atom. The molecule has 1 aromatic heterocycles. The Bertz CT molecular complexity index is 1310. The lowest BCUT2D eigenvalue weighted by atomic mass is 10.1. The normalized spacial score (nSPS) is 12.3. The van der Waals surface area contributed by atoms with Crippen LogP contribution in [0.25, 0.3) is 16.9 Å². The second-order valence-electron chi connectivity index (χ2n) is 6.23. The van der Waals surface area contributed by atoms with Gasteiger partial charge in [-0.3, -0.25) is 4.57 Å². The molecular weight excluding hydrogens is 426 g/mol. The third-order valence-corrected chi connectivity index (χ3v) is 6.26. The number of primary sulfonamides is 1. The first kappa shape index (κ1) is 19.6. The van der Waals surface area contributed by atoms with Crippen molar-refractivity contribution < 1.29 is 8.42 Å². The smallest absolute Gasteiger partial charge is 0.238 e. The van der Waals surface area contributed by atoms with Gasteiger partial charge in [-0.15, -0.1) is 11.3 Å². The van der Waals surface area contributed by atoms with Gasteiger partial charge in [0, 0.05) is 16.1 Å². The first-order chi connectivity index (χ1) is 13.9. The van der Waals surface area contributed by atoms with E-state index in [2.05, 4.69) is 4.57 Å². The van der Waals surface area contributed by atoms with Crippen LogP contribution in [0.4, 0.5) is 5.69 Å². The fraction of sp³-hybridized carbons (Fsp3) is 0. The summed E-state index contributed by atoms with van der Waals surface area (Å²) in [6, 6.07) is 23.7. The summed E-state index contributed by atoms with van der Waals surface area (Å²) < 4.78 is 25.0. The molecule has 0 aliphatic heterocycles. The Morgan fingerprint density at radius 3 is 2.17 bits per heavy atom. The predicted molar refractivity (Wildman–Crippen MR) is 117 cm³/mol. The molecule has 0 fully saturated rings. The Labute approximate surface area is 177 Å². The van der Waals surface area contributed by atoms with E-state index in [-0.39, 0.29) is 4.90 Å². The van der Waals surface area contributed by atoms with Crippen molar-refractivity contribution in [3.63, 3.8) is 0 Å². The van der Waals surface area contributed by atoms with E-state index in [1.54, 1.807) is 12.1 Å². The number of nitrogens with zero attached hydrogens (tertiary/aromatic N) is 2. The van der Waals surface area contributed by atoms with Crippen molar-refractivity contribution in [3.05, 3.63) is 94.1 Å². The molecular formula is C21H16ClN3O2S2. The number of para-hydroxylation sites is 1. The van der Waals surface area contributed by atoms with Crippen LogP contribution >= 0.6 is 22.9 Å². The first-order valence-electron chi connectivity index (χ1n) is 8.61. The molecule has 4 aromatic rings. The van der Waals surface area contributed by atoms with E-state index in [1.165, 1.54) is 23.5 Å². The van der Waals surface area contributed by atoms with Crippen LogP contribution in [0.15, 0.2) is 94.1 Å². The van der Waals surface area contributed by atoms with Gasteiger partial charge in [-0.1, -0.05) is 41.9 Å². The number of nitrogens with two attached hydrogens (primary N) is 1. The van der Waals surface area contributed by atoms with Gasteiger partial charge in [-0.05, 0) is 54.1 Å². The Balaban J connectivity index is 1.88. The van der Waals surface area contributed by atoms with Crippen molar-refractivity contribution in [1.82, 2.24) is 4.57 Å². The van der Waals surface area contributed by atoms with Gasteiger partial charge in [0.15, 0.2) is 4.80 Å². The van der Waals surface area contributed by atoms with Gasteiger partial charge < -0.3 is 0 Å². The molecule has 0 saturated heterocycles. The van der Waals surface area contributed by atoms with Gasteiger partial charge in [0.25, 0.3) is 0 Å². The van der Waals surface area contributed by atoms with Crippen molar-refractivity contribution in [2.45, 2.75) is 4.90 Å². The summed E-state index contributed by atoms with van der Waals surface area (Å²) in [7, 11) is -3.73. The minimum atomic E-state index is -3.73. The molecule has 1 heterocycles. The van der Waals surface area contributed by atoms with E-state index < -0.39 is 10.0 Å². The number of hydrogen-bond donors (Lipinski definition) is 1. The molecule has 0 atom stereocenters. The minimum absolute atomic E-state index is 0.0559. The molecule has 0 radical (unpaired) electrons. The Kier molecular flexibility index (Phi) is 5.38. The highest BCUT2D eigenvalue weighted by atomic mass is 35.5. The summed E-state index contributed by atoms with van der Waals surface area (Å²) in [6.07, 6.45) is 0. The SMILES string of the molecule is NS(=O)(=O)c1ccc(N=c2scc(-c3ccc(Cl)cc3)n2-c2ccccc2)cc1. The van der Waals surface area contributed by atoms with E-state index in [4.69, 9.17) is 21.7 Å². The molecule has 0 unspecified atom stereocenters. The van der Waals surface area contributed by atoms with Crippen molar-refractivity contribution in [2.75, 3.05) is 0 Å². The molecule has 0 spiro atoms. The molecule has 0 aliphatic rings. The highest BCUT2D eigenvalue weighted by Gasteiger charge is 2.11. The van der Waals surface area contributed by atoms with Crippen molar-refractivity contribution >= 4 is 38.6 Å². The van der Waals surface area contributed by atoms with Crippen LogP contribution in [0, 0.1) is 0 Å². The topological polar surface area (TPSA) is 77.5 Å². The van der Waals surface area contributed by atoms with Crippen LogP contribution in [-0.2, 0) is 10.0 Å². The van der Waals surface area contributed by atoms with Crippen molar-refractivity contribution in [3.8, 4) is 16.9 Å². The number of rotatable bonds is 4. The average molecular weight is 442 g/mol. The number of benzene rings is 3. The molecule has 29 heavy (non-hydrogen) atoms. The van der Waals surface area contributed by atoms with Crippen LogP contribution in [0.3, 0.4) is 0 Å². The number of sulfonamides is 1. The van der Waals surface area contributed by atoms with E-state index in [1.807, 2.05) is 60.0 Å². The van der Waals surface area contributed by atoms with E-state index in [9.17, 15) is 8.42 Å². The van der Waals surface area contributed by atoms with Gasteiger partial charge in [-0.25, -0.2) is 18.5 Å². The fourth-order valence-electron chi connectivity index (χ4n) is 2.86. The standard InChI is InChI=1S/C21H16ClN3O2S2/c22-16-8-6-15(7-9-16)20-14-28-21(25(20)18-4-2-1-3-5-18)24-17-10-12-19(13-11-17)29(23,26)27/h1-14H,(H2,23,26,27). The molecule has 0 aliphatic carbocycles. The largest absolute Gasteiger partial charge is 0.285 e. The van der Waals surface area contributed by atoms with E-state index >= 15 is 0 Å². The van der Waals surface area contributed by atoms with Gasteiger partial charge in [-0.2, -0.15) is 0 Å². The lowest BCUT2D eigenvalue weighted by Crippen LogP contribution is -2.13. The molecule has 0 saturated carbocycles. The summed E-state index contributed by atoms with van der Waals surface area (Å²) in [5, 5.41) is 7.88. The number of thiazole rings is 1. The van der Waals surface area contributed by atoms with Crippen LogP contribution in [0.5, 0.6) is 0 Å².